The van der Waals surface area contributed by atoms with Crippen LogP contribution in [0.25, 0.3) is 0 Å². The molecule has 1 aromatic carbocycles. The number of likely N-dealkylation sites (tertiary alicyclic amines) is 1. The van der Waals surface area contributed by atoms with E-state index in [1.807, 2.05) is 0 Å². The molecule has 0 saturated carbocycles. The number of carbonyl (C=O) groups is 1. The molecule has 3 nitrogen and oxygen atoms in total. The molecular formula is C18H25NO2. The third-order valence-electron chi connectivity index (χ3n) is 4.96. The summed E-state index contributed by atoms with van der Waals surface area (Å²) < 4.78 is 5.08. The number of hydrogen-bond acceptors (Lipinski definition) is 3. The highest BCUT2D eigenvalue weighted by atomic mass is 16.5. The van der Waals surface area contributed by atoms with Gasteiger partial charge in [0, 0.05) is 6.42 Å². The van der Waals surface area contributed by atoms with Crippen molar-refractivity contribution < 1.29 is 9.53 Å². The summed E-state index contributed by atoms with van der Waals surface area (Å²) in [7, 11) is 0. The van der Waals surface area contributed by atoms with Crippen molar-refractivity contribution in [2.45, 2.75) is 45.1 Å². The number of esters is 1. The minimum Gasteiger partial charge on any atom is -0.464 e. The SMILES string of the molecule is Cc1ccc(CCC2CCN([C@H]3CCOC3=O)CC2)cc1. The molecule has 2 aliphatic rings. The van der Waals surface area contributed by atoms with Crippen LogP contribution in [0.2, 0.25) is 0 Å². The molecular weight excluding hydrogens is 262 g/mol. The fourth-order valence-corrected chi connectivity index (χ4v) is 3.50. The Labute approximate surface area is 127 Å². The van der Waals surface area contributed by atoms with Crippen molar-refractivity contribution in [1.29, 1.82) is 0 Å². The summed E-state index contributed by atoms with van der Waals surface area (Å²) in [5.74, 6) is 0.799. The van der Waals surface area contributed by atoms with Gasteiger partial charge in [0.1, 0.15) is 6.04 Å². The molecule has 0 spiro atoms. The van der Waals surface area contributed by atoms with Crippen LogP contribution in [0, 0.1) is 12.8 Å². The van der Waals surface area contributed by atoms with E-state index in [0.29, 0.717) is 6.61 Å². The van der Waals surface area contributed by atoms with Crippen molar-refractivity contribution in [2.24, 2.45) is 5.92 Å². The number of rotatable bonds is 4. The number of nitrogens with zero attached hydrogens (tertiary/aromatic N) is 1. The first kappa shape index (κ1) is 14.6. The maximum atomic E-state index is 11.6. The third kappa shape index (κ3) is 3.65. The molecule has 2 aliphatic heterocycles. The van der Waals surface area contributed by atoms with E-state index in [-0.39, 0.29) is 12.0 Å². The standard InChI is InChI=1S/C18H25NO2/c1-14-2-4-15(5-3-14)6-7-16-8-11-19(12-9-16)17-10-13-21-18(17)20/h2-5,16-17H,6-13H2,1H3/t17-/m0/s1. The molecule has 3 rings (SSSR count). The molecule has 1 aromatic rings. The topological polar surface area (TPSA) is 29.5 Å². The first-order valence-electron chi connectivity index (χ1n) is 8.18. The minimum atomic E-state index is -0.00638. The van der Waals surface area contributed by atoms with Crippen molar-refractivity contribution in [3.05, 3.63) is 35.4 Å². The van der Waals surface area contributed by atoms with Crippen LogP contribution in [0.5, 0.6) is 0 Å². The molecule has 0 aromatic heterocycles. The summed E-state index contributed by atoms with van der Waals surface area (Å²) >= 11 is 0. The molecule has 0 radical (unpaired) electrons. The lowest BCUT2D eigenvalue weighted by Gasteiger charge is -2.34. The average molecular weight is 287 g/mol. The highest BCUT2D eigenvalue weighted by Gasteiger charge is 2.34. The normalized spacial score (nSPS) is 24.2. The number of cyclic esters (lactones) is 1. The Hall–Kier alpha value is -1.35. The van der Waals surface area contributed by atoms with Crippen LogP contribution in [-0.4, -0.2) is 36.6 Å². The number of benzene rings is 1. The van der Waals surface area contributed by atoms with E-state index in [4.69, 9.17) is 4.74 Å². The predicted molar refractivity (Wildman–Crippen MR) is 83.2 cm³/mol. The van der Waals surface area contributed by atoms with Gasteiger partial charge in [-0.15, -0.1) is 0 Å². The fraction of sp³-hybridized carbons (Fsp3) is 0.611. The second kappa shape index (κ2) is 6.61. The second-order valence-electron chi connectivity index (χ2n) is 6.48. The van der Waals surface area contributed by atoms with Crippen molar-refractivity contribution in [2.75, 3.05) is 19.7 Å². The van der Waals surface area contributed by atoms with Gasteiger partial charge in [0.05, 0.1) is 6.61 Å². The number of hydrogen-bond donors (Lipinski definition) is 0. The Bertz CT molecular complexity index is 474. The van der Waals surface area contributed by atoms with Crippen LogP contribution in [0.3, 0.4) is 0 Å². The van der Waals surface area contributed by atoms with E-state index < -0.39 is 0 Å². The van der Waals surface area contributed by atoms with Crippen molar-refractivity contribution in [3.63, 3.8) is 0 Å². The Morgan fingerprint density at radius 2 is 1.86 bits per heavy atom. The smallest absolute Gasteiger partial charge is 0.323 e. The minimum absolute atomic E-state index is 0.00638. The van der Waals surface area contributed by atoms with Gasteiger partial charge in [-0.2, -0.15) is 0 Å². The zero-order valence-corrected chi connectivity index (χ0v) is 12.9. The van der Waals surface area contributed by atoms with Gasteiger partial charge < -0.3 is 4.74 Å². The second-order valence-corrected chi connectivity index (χ2v) is 6.48. The summed E-state index contributed by atoms with van der Waals surface area (Å²) in [5.41, 5.74) is 2.78. The van der Waals surface area contributed by atoms with Crippen molar-refractivity contribution >= 4 is 5.97 Å². The molecule has 2 saturated heterocycles. The zero-order valence-electron chi connectivity index (χ0n) is 12.9. The van der Waals surface area contributed by atoms with E-state index in [9.17, 15) is 4.79 Å². The van der Waals surface area contributed by atoms with Gasteiger partial charge >= 0.3 is 5.97 Å². The largest absolute Gasteiger partial charge is 0.464 e. The third-order valence-corrected chi connectivity index (χ3v) is 4.96. The zero-order chi connectivity index (χ0) is 14.7. The van der Waals surface area contributed by atoms with Gasteiger partial charge in [-0.3, -0.25) is 9.69 Å². The van der Waals surface area contributed by atoms with Crippen LogP contribution in [0.4, 0.5) is 0 Å². The molecule has 21 heavy (non-hydrogen) atoms. The molecule has 0 amide bonds. The lowest BCUT2D eigenvalue weighted by molar-refractivity contribution is -0.142. The number of carbonyl (C=O) groups excluding carboxylic acids is 1. The van der Waals surface area contributed by atoms with Gasteiger partial charge in [0.25, 0.3) is 0 Å². The van der Waals surface area contributed by atoms with E-state index >= 15 is 0 Å². The Kier molecular flexibility index (Phi) is 4.59. The van der Waals surface area contributed by atoms with E-state index in [1.54, 1.807) is 0 Å². The summed E-state index contributed by atoms with van der Waals surface area (Å²) in [6, 6.07) is 8.94. The first-order valence-corrected chi connectivity index (χ1v) is 8.18. The summed E-state index contributed by atoms with van der Waals surface area (Å²) in [6.45, 7) is 4.85. The van der Waals surface area contributed by atoms with Crippen LogP contribution in [-0.2, 0) is 16.0 Å². The molecule has 2 fully saturated rings. The summed E-state index contributed by atoms with van der Waals surface area (Å²) in [5, 5.41) is 0. The monoisotopic (exact) mass is 287 g/mol. The van der Waals surface area contributed by atoms with Crippen LogP contribution < -0.4 is 0 Å². The maximum Gasteiger partial charge on any atom is 0.323 e. The van der Waals surface area contributed by atoms with Gasteiger partial charge in [0.15, 0.2) is 0 Å². The first-order chi connectivity index (χ1) is 10.2. The Morgan fingerprint density at radius 1 is 1.14 bits per heavy atom. The molecule has 3 heteroatoms. The molecule has 114 valence electrons. The molecule has 0 aliphatic carbocycles. The van der Waals surface area contributed by atoms with Crippen molar-refractivity contribution in [1.82, 2.24) is 4.90 Å². The number of aryl methyl sites for hydroxylation is 2. The van der Waals surface area contributed by atoms with E-state index in [1.165, 1.54) is 36.8 Å². The predicted octanol–water partition coefficient (Wildman–Crippen LogP) is 2.96. The Morgan fingerprint density at radius 3 is 2.48 bits per heavy atom. The molecule has 0 N–H and O–H groups in total. The number of piperidine rings is 1. The molecule has 1 atom stereocenters. The average Bonchev–Trinajstić information content (AvgIpc) is 2.93. The number of ether oxygens (including phenoxy) is 1. The van der Waals surface area contributed by atoms with E-state index in [0.717, 1.165) is 25.4 Å². The van der Waals surface area contributed by atoms with Gasteiger partial charge in [-0.05, 0) is 57.2 Å². The van der Waals surface area contributed by atoms with Gasteiger partial charge in [0.2, 0.25) is 0 Å². The Balaban J connectivity index is 1.43. The van der Waals surface area contributed by atoms with E-state index in [2.05, 4.69) is 36.1 Å². The quantitative estimate of drug-likeness (QED) is 0.797. The highest BCUT2D eigenvalue weighted by molar-refractivity contribution is 5.77. The van der Waals surface area contributed by atoms with Gasteiger partial charge in [-0.25, -0.2) is 0 Å². The molecule has 0 bridgehead atoms. The van der Waals surface area contributed by atoms with Crippen LogP contribution in [0.1, 0.15) is 36.8 Å². The van der Waals surface area contributed by atoms with Crippen molar-refractivity contribution in [3.8, 4) is 0 Å². The highest BCUT2D eigenvalue weighted by Crippen LogP contribution is 2.26. The maximum absolute atomic E-state index is 11.6. The van der Waals surface area contributed by atoms with Gasteiger partial charge in [-0.1, -0.05) is 29.8 Å². The summed E-state index contributed by atoms with van der Waals surface area (Å²) in [6.07, 6.45) is 5.76. The lowest BCUT2D eigenvalue weighted by atomic mass is 9.89. The van der Waals surface area contributed by atoms with Crippen LogP contribution >= 0.6 is 0 Å². The molecule has 0 unspecified atom stereocenters. The van der Waals surface area contributed by atoms with Crippen LogP contribution in [0.15, 0.2) is 24.3 Å². The lowest BCUT2D eigenvalue weighted by Crippen LogP contribution is -2.43. The summed E-state index contributed by atoms with van der Waals surface area (Å²) in [4.78, 5) is 14.0. The fourth-order valence-electron chi connectivity index (χ4n) is 3.50. The molecule has 2 heterocycles.